The zero-order valence-electron chi connectivity index (χ0n) is 12.8. The molecule has 1 saturated heterocycles. The first kappa shape index (κ1) is 20.6. The summed E-state index contributed by atoms with van der Waals surface area (Å²) in [5.74, 6) is 0.178. The van der Waals surface area contributed by atoms with Gasteiger partial charge in [0.05, 0.1) is 17.1 Å². The summed E-state index contributed by atoms with van der Waals surface area (Å²) in [6.45, 7) is 8.00. The van der Waals surface area contributed by atoms with Gasteiger partial charge in [-0.3, -0.25) is 4.79 Å². The molecule has 4 nitrogen and oxygen atoms in total. The zero-order valence-corrected chi connectivity index (χ0v) is 15.2. The van der Waals surface area contributed by atoms with E-state index in [1.165, 1.54) is 0 Å². The quantitative estimate of drug-likeness (QED) is 0.888. The Morgan fingerprint density at radius 2 is 1.95 bits per heavy atom. The molecule has 0 unspecified atom stereocenters. The average molecular weight is 354 g/mol. The van der Waals surface area contributed by atoms with Gasteiger partial charge in [0.1, 0.15) is 0 Å². The lowest BCUT2D eigenvalue weighted by molar-refractivity contribution is -0.131. The molecular formula is C14H25Cl2N3OS. The lowest BCUT2D eigenvalue weighted by Crippen LogP contribution is -2.43. The summed E-state index contributed by atoms with van der Waals surface area (Å²) >= 11 is 1.64. The Labute approximate surface area is 143 Å². The first-order valence-electron chi connectivity index (χ1n) is 6.84. The van der Waals surface area contributed by atoms with E-state index in [1.807, 2.05) is 10.3 Å². The van der Waals surface area contributed by atoms with Crippen molar-refractivity contribution < 1.29 is 4.79 Å². The highest BCUT2D eigenvalue weighted by Gasteiger charge is 2.23. The topological polar surface area (TPSA) is 59.2 Å². The maximum Gasteiger partial charge on any atom is 0.228 e. The van der Waals surface area contributed by atoms with E-state index in [1.54, 1.807) is 11.3 Å². The molecule has 0 atom stereocenters. The number of carbonyl (C=O) groups is 1. The van der Waals surface area contributed by atoms with Gasteiger partial charge in [-0.15, -0.1) is 36.2 Å². The molecule has 1 aliphatic rings. The van der Waals surface area contributed by atoms with Crippen molar-refractivity contribution in [3.05, 3.63) is 16.1 Å². The van der Waals surface area contributed by atoms with Gasteiger partial charge in [-0.1, -0.05) is 20.8 Å². The van der Waals surface area contributed by atoms with Gasteiger partial charge in [-0.2, -0.15) is 0 Å². The number of hydrogen-bond acceptors (Lipinski definition) is 4. The van der Waals surface area contributed by atoms with Crippen molar-refractivity contribution >= 4 is 42.1 Å². The van der Waals surface area contributed by atoms with Gasteiger partial charge in [0.15, 0.2) is 0 Å². The fraction of sp³-hybridized carbons (Fsp3) is 0.714. The summed E-state index contributed by atoms with van der Waals surface area (Å²) in [7, 11) is 0. The Hall–Kier alpha value is -0.360. The molecule has 0 aromatic carbocycles. The number of aromatic nitrogens is 1. The maximum atomic E-state index is 12.2. The smallest absolute Gasteiger partial charge is 0.228 e. The Morgan fingerprint density at radius 1 is 1.38 bits per heavy atom. The van der Waals surface area contributed by atoms with E-state index < -0.39 is 0 Å². The molecule has 2 N–H and O–H groups in total. The number of nitrogens with zero attached hydrogens (tertiary/aromatic N) is 2. The number of rotatable bonds is 2. The van der Waals surface area contributed by atoms with Crippen LogP contribution in [0.25, 0.3) is 0 Å². The van der Waals surface area contributed by atoms with Crippen LogP contribution in [0.2, 0.25) is 0 Å². The highest BCUT2D eigenvalue weighted by Crippen LogP contribution is 2.25. The van der Waals surface area contributed by atoms with E-state index in [4.69, 9.17) is 5.73 Å². The fourth-order valence-electron chi connectivity index (χ4n) is 2.15. The number of piperidine rings is 1. The van der Waals surface area contributed by atoms with E-state index in [-0.39, 0.29) is 42.2 Å². The lowest BCUT2D eigenvalue weighted by atomic mass is 9.98. The molecule has 1 amide bonds. The van der Waals surface area contributed by atoms with Crippen LogP contribution in [0.3, 0.4) is 0 Å². The molecular weight excluding hydrogens is 329 g/mol. The SMILES string of the molecule is CC(C)(C)c1nc(CC(=O)N2CCC(N)CC2)cs1.Cl.Cl. The van der Waals surface area contributed by atoms with E-state index >= 15 is 0 Å². The molecule has 2 rings (SSSR count). The summed E-state index contributed by atoms with van der Waals surface area (Å²) in [6, 6.07) is 0.260. The molecule has 0 saturated carbocycles. The van der Waals surface area contributed by atoms with Crippen LogP contribution in [-0.2, 0) is 16.6 Å². The first-order valence-corrected chi connectivity index (χ1v) is 7.72. The highest BCUT2D eigenvalue weighted by molar-refractivity contribution is 7.09. The normalized spacial score (nSPS) is 16.1. The van der Waals surface area contributed by atoms with Crippen LogP contribution in [0.15, 0.2) is 5.38 Å². The van der Waals surface area contributed by atoms with Crippen molar-refractivity contribution in [3.8, 4) is 0 Å². The third kappa shape index (κ3) is 5.74. The second kappa shape index (κ2) is 8.32. The number of hydrogen-bond donors (Lipinski definition) is 1. The molecule has 1 aromatic rings. The third-order valence-electron chi connectivity index (χ3n) is 3.42. The molecule has 21 heavy (non-hydrogen) atoms. The number of thiazole rings is 1. The molecule has 1 fully saturated rings. The molecule has 1 aromatic heterocycles. The standard InChI is InChI=1S/C14H23N3OS.2ClH/c1-14(2,3)13-16-11(9-19-13)8-12(18)17-6-4-10(15)5-7-17;;/h9-10H,4-8,15H2,1-3H3;2*1H. The molecule has 0 aliphatic carbocycles. The first-order chi connectivity index (χ1) is 8.86. The molecule has 122 valence electrons. The van der Waals surface area contributed by atoms with Gasteiger partial charge in [-0.25, -0.2) is 4.98 Å². The van der Waals surface area contributed by atoms with Gasteiger partial charge < -0.3 is 10.6 Å². The predicted octanol–water partition coefficient (Wildman–Crippen LogP) is 2.78. The van der Waals surface area contributed by atoms with Crippen LogP contribution in [0, 0.1) is 0 Å². The minimum Gasteiger partial charge on any atom is -0.342 e. The Morgan fingerprint density at radius 3 is 2.43 bits per heavy atom. The zero-order chi connectivity index (χ0) is 14.0. The van der Waals surface area contributed by atoms with Gasteiger partial charge in [0, 0.05) is 29.9 Å². The van der Waals surface area contributed by atoms with Crippen LogP contribution in [0.4, 0.5) is 0 Å². The lowest BCUT2D eigenvalue weighted by Gasteiger charge is -2.30. The summed E-state index contributed by atoms with van der Waals surface area (Å²) < 4.78 is 0. The average Bonchev–Trinajstić information content (AvgIpc) is 2.78. The van der Waals surface area contributed by atoms with Gasteiger partial charge >= 0.3 is 0 Å². The highest BCUT2D eigenvalue weighted by atomic mass is 35.5. The van der Waals surface area contributed by atoms with E-state index in [9.17, 15) is 4.79 Å². The van der Waals surface area contributed by atoms with Crippen LogP contribution in [-0.4, -0.2) is 34.9 Å². The van der Waals surface area contributed by atoms with E-state index in [2.05, 4.69) is 25.8 Å². The number of carbonyl (C=O) groups excluding carboxylic acids is 1. The van der Waals surface area contributed by atoms with E-state index in [0.29, 0.717) is 6.42 Å². The number of likely N-dealkylation sites (tertiary alicyclic amines) is 1. The molecule has 0 spiro atoms. The van der Waals surface area contributed by atoms with E-state index in [0.717, 1.165) is 36.6 Å². The predicted molar refractivity (Wildman–Crippen MR) is 92.8 cm³/mol. The largest absolute Gasteiger partial charge is 0.342 e. The monoisotopic (exact) mass is 353 g/mol. The van der Waals surface area contributed by atoms with Crippen molar-refractivity contribution in [1.82, 2.24) is 9.88 Å². The van der Waals surface area contributed by atoms with Crippen molar-refractivity contribution in [1.29, 1.82) is 0 Å². The van der Waals surface area contributed by atoms with Crippen molar-refractivity contribution in [2.24, 2.45) is 5.73 Å². The minimum atomic E-state index is 0. The number of amides is 1. The van der Waals surface area contributed by atoms with Crippen LogP contribution in [0.5, 0.6) is 0 Å². The second-order valence-electron chi connectivity index (χ2n) is 6.29. The van der Waals surface area contributed by atoms with Crippen molar-refractivity contribution in [3.63, 3.8) is 0 Å². The number of nitrogens with two attached hydrogens (primary N) is 1. The molecule has 0 radical (unpaired) electrons. The van der Waals surface area contributed by atoms with Gasteiger partial charge in [0.25, 0.3) is 0 Å². The Balaban J connectivity index is 0.00000200. The van der Waals surface area contributed by atoms with Crippen LogP contribution < -0.4 is 5.73 Å². The Kier molecular flexibility index (Phi) is 8.18. The second-order valence-corrected chi connectivity index (χ2v) is 7.15. The maximum absolute atomic E-state index is 12.2. The van der Waals surface area contributed by atoms with Crippen LogP contribution >= 0.6 is 36.2 Å². The summed E-state index contributed by atoms with van der Waals surface area (Å²) in [6.07, 6.45) is 2.24. The van der Waals surface area contributed by atoms with Crippen molar-refractivity contribution in [2.45, 2.75) is 51.5 Å². The molecule has 7 heteroatoms. The minimum absolute atomic E-state index is 0. The third-order valence-corrected chi connectivity index (χ3v) is 4.73. The molecule has 0 bridgehead atoms. The summed E-state index contributed by atoms with van der Waals surface area (Å²) in [5, 5.41) is 3.10. The molecule has 1 aliphatic heterocycles. The summed E-state index contributed by atoms with van der Waals surface area (Å²) in [4.78, 5) is 18.7. The Bertz CT molecular complexity index is 451. The summed E-state index contributed by atoms with van der Waals surface area (Å²) in [5.41, 5.74) is 6.81. The van der Waals surface area contributed by atoms with Gasteiger partial charge in [0.2, 0.25) is 5.91 Å². The van der Waals surface area contributed by atoms with Crippen LogP contribution in [0.1, 0.15) is 44.3 Å². The van der Waals surface area contributed by atoms with Gasteiger partial charge in [-0.05, 0) is 12.8 Å². The van der Waals surface area contributed by atoms with Crippen molar-refractivity contribution in [2.75, 3.05) is 13.1 Å². The number of halogens is 2. The fourth-order valence-corrected chi connectivity index (χ4v) is 3.06. The molecule has 2 heterocycles.